The second-order valence-electron chi connectivity index (χ2n) is 6.64. The van der Waals surface area contributed by atoms with Gasteiger partial charge in [0.05, 0.1) is 16.5 Å². The van der Waals surface area contributed by atoms with Crippen LogP contribution in [0.15, 0.2) is 29.2 Å². The van der Waals surface area contributed by atoms with E-state index >= 15 is 0 Å². The molecule has 11 heteroatoms. The van der Waals surface area contributed by atoms with E-state index in [0.29, 0.717) is 32.0 Å². The number of nitrogens with zero attached hydrogens (tertiary/aromatic N) is 1. The average Bonchev–Trinajstić information content (AvgIpc) is 2.60. The Morgan fingerprint density at radius 2 is 1.75 bits per heavy atom. The van der Waals surface area contributed by atoms with Gasteiger partial charge in [0.1, 0.15) is 0 Å². The minimum absolute atomic E-state index is 0.0628. The first kappa shape index (κ1) is 22.2. The van der Waals surface area contributed by atoms with Crippen molar-refractivity contribution in [3.63, 3.8) is 0 Å². The summed E-state index contributed by atoms with van der Waals surface area (Å²) in [6.45, 7) is 3.31. The zero-order chi connectivity index (χ0) is 21.1. The maximum atomic E-state index is 13.1. The van der Waals surface area contributed by atoms with Gasteiger partial charge in [-0.15, -0.1) is 0 Å². The molecular formula is C17H22F3N3O4S. The predicted molar refractivity (Wildman–Crippen MR) is 94.6 cm³/mol. The Hall–Kier alpha value is -2.14. The van der Waals surface area contributed by atoms with Crippen molar-refractivity contribution in [3.8, 4) is 0 Å². The fraction of sp³-hybridized carbons (Fsp3) is 0.529. The second kappa shape index (κ2) is 8.48. The Labute approximate surface area is 161 Å². The van der Waals surface area contributed by atoms with Crippen molar-refractivity contribution in [1.29, 1.82) is 0 Å². The molecule has 28 heavy (non-hydrogen) atoms. The fourth-order valence-corrected chi connectivity index (χ4v) is 4.51. The van der Waals surface area contributed by atoms with Crippen molar-refractivity contribution < 1.29 is 31.2 Å². The molecule has 0 radical (unpaired) electrons. The molecule has 0 unspecified atom stereocenters. The number of likely N-dealkylation sites (tertiary alicyclic amines) is 1. The van der Waals surface area contributed by atoms with Crippen LogP contribution in [-0.4, -0.2) is 50.3 Å². The topological polar surface area (TPSA) is 95.6 Å². The summed E-state index contributed by atoms with van der Waals surface area (Å²) in [5, 5.41) is 2.76. The van der Waals surface area contributed by atoms with Gasteiger partial charge in [0.15, 0.2) is 0 Å². The number of halogens is 3. The lowest BCUT2D eigenvalue weighted by Gasteiger charge is -2.33. The van der Waals surface area contributed by atoms with Crippen LogP contribution in [-0.2, 0) is 25.8 Å². The van der Waals surface area contributed by atoms with Gasteiger partial charge in [0.2, 0.25) is 21.8 Å². The number of amides is 2. The predicted octanol–water partition coefficient (Wildman–Crippen LogP) is 1.50. The molecule has 1 aromatic rings. The molecule has 0 spiro atoms. The number of piperidine rings is 1. The van der Waals surface area contributed by atoms with E-state index in [2.05, 4.69) is 5.32 Å². The lowest BCUT2D eigenvalue weighted by molar-refractivity contribution is -0.140. The van der Waals surface area contributed by atoms with E-state index in [-0.39, 0.29) is 11.9 Å². The van der Waals surface area contributed by atoms with E-state index in [1.165, 1.54) is 24.8 Å². The Balaban J connectivity index is 2.07. The lowest BCUT2D eigenvalue weighted by Crippen LogP contribution is -2.52. The normalized spacial score (nSPS) is 17.2. The van der Waals surface area contributed by atoms with Gasteiger partial charge in [-0.25, -0.2) is 8.42 Å². The van der Waals surface area contributed by atoms with Crippen molar-refractivity contribution in [2.24, 2.45) is 0 Å². The number of hydrogen-bond acceptors (Lipinski definition) is 4. The molecular weight excluding hydrogens is 399 g/mol. The van der Waals surface area contributed by atoms with Gasteiger partial charge in [-0.3, -0.25) is 9.59 Å². The zero-order valence-corrected chi connectivity index (χ0v) is 16.2. The summed E-state index contributed by atoms with van der Waals surface area (Å²) >= 11 is 0. The highest BCUT2D eigenvalue weighted by Crippen LogP contribution is 2.33. The van der Waals surface area contributed by atoms with Crippen LogP contribution in [0.3, 0.4) is 0 Å². The van der Waals surface area contributed by atoms with Crippen molar-refractivity contribution >= 4 is 21.8 Å². The molecule has 0 aliphatic carbocycles. The first-order chi connectivity index (χ1) is 12.9. The van der Waals surface area contributed by atoms with Crippen molar-refractivity contribution in [2.75, 3.05) is 13.1 Å². The maximum absolute atomic E-state index is 13.1. The minimum Gasteiger partial charge on any atom is -0.353 e. The highest BCUT2D eigenvalue weighted by molar-refractivity contribution is 7.89. The Morgan fingerprint density at radius 1 is 1.18 bits per heavy atom. The van der Waals surface area contributed by atoms with Crippen LogP contribution in [0.2, 0.25) is 0 Å². The molecule has 2 amide bonds. The van der Waals surface area contributed by atoms with Gasteiger partial charge < -0.3 is 10.2 Å². The van der Waals surface area contributed by atoms with Gasteiger partial charge in [0.25, 0.3) is 0 Å². The zero-order valence-electron chi connectivity index (χ0n) is 15.4. The first-order valence-corrected chi connectivity index (χ1v) is 10.1. The van der Waals surface area contributed by atoms with E-state index in [0.717, 1.165) is 12.1 Å². The number of nitrogens with one attached hydrogen (secondary N) is 2. The summed E-state index contributed by atoms with van der Waals surface area (Å²) in [5.74, 6) is -0.705. The van der Waals surface area contributed by atoms with Crippen LogP contribution in [0.5, 0.6) is 0 Å². The molecule has 2 N–H and O–H groups in total. The molecule has 1 aromatic carbocycles. The molecule has 0 bridgehead atoms. The summed E-state index contributed by atoms with van der Waals surface area (Å²) in [5.41, 5.74) is -1.29. The summed E-state index contributed by atoms with van der Waals surface area (Å²) in [4.78, 5) is 24.1. The monoisotopic (exact) mass is 421 g/mol. The fourth-order valence-electron chi connectivity index (χ4n) is 3.09. The van der Waals surface area contributed by atoms with Gasteiger partial charge >= 0.3 is 6.18 Å². The van der Waals surface area contributed by atoms with E-state index in [4.69, 9.17) is 0 Å². The molecule has 1 fully saturated rings. The van der Waals surface area contributed by atoms with E-state index < -0.39 is 38.6 Å². The van der Waals surface area contributed by atoms with E-state index in [1.807, 2.05) is 4.72 Å². The molecule has 1 atom stereocenters. The third-order valence-electron chi connectivity index (χ3n) is 4.40. The van der Waals surface area contributed by atoms with Gasteiger partial charge in [-0.05, 0) is 31.9 Å². The van der Waals surface area contributed by atoms with Gasteiger partial charge in [-0.1, -0.05) is 12.1 Å². The third kappa shape index (κ3) is 5.44. The highest BCUT2D eigenvalue weighted by Gasteiger charge is 2.38. The molecule has 1 aliphatic rings. The van der Waals surface area contributed by atoms with Gasteiger partial charge in [0, 0.05) is 26.1 Å². The smallest absolute Gasteiger partial charge is 0.353 e. The highest BCUT2D eigenvalue weighted by atomic mass is 32.2. The van der Waals surface area contributed by atoms with E-state index in [9.17, 15) is 31.2 Å². The van der Waals surface area contributed by atoms with Crippen molar-refractivity contribution in [1.82, 2.24) is 14.9 Å². The number of sulfonamides is 1. The Kier molecular flexibility index (Phi) is 6.71. The Morgan fingerprint density at radius 3 is 2.29 bits per heavy atom. The molecule has 7 nitrogen and oxygen atoms in total. The summed E-state index contributed by atoms with van der Waals surface area (Å²) in [6.07, 6.45) is -3.81. The quantitative estimate of drug-likeness (QED) is 0.753. The van der Waals surface area contributed by atoms with Crippen molar-refractivity contribution in [3.05, 3.63) is 29.8 Å². The first-order valence-electron chi connectivity index (χ1n) is 8.66. The minimum atomic E-state index is -4.84. The Bertz CT molecular complexity index is 834. The third-order valence-corrected chi connectivity index (χ3v) is 6.00. The standard InChI is InChI=1S/C17H22F3N3O4S/c1-11(16(25)23-9-7-13(8-10-23)21-12(2)24)22-28(26,27)15-6-4-3-5-14(15)17(18,19)20/h3-6,11,13,22H,7-10H2,1-2H3,(H,21,24)/t11-/m0/s1. The van der Waals surface area contributed by atoms with Crippen LogP contribution in [0.1, 0.15) is 32.3 Å². The molecule has 1 saturated heterocycles. The molecule has 156 valence electrons. The van der Waals surface area contributed by atoms with E-state index in [1.54, 1.807) is 0 Å². The van der Waals surface area contributed by atoms with Gasteiger partial charge in [-0.2, -0.15) is 17.9 Å². The summed E-state index contributed by atoms with van der Waals surface area (Å²) in [6, 6.07) is 2.50. The number of alkyl halides is 3. The maximum Gasteiger partial charge on any atom is 0.417 e. The largest absolute Gasteiger partial charge is 0.417 e. The summed E-state index contributed by atoms with van der Waals surface area (Å²) < 4.78 is 66.2. The van der Waals surface area contributed by atoms with Crippen LogP contribution >= 0.6 is 0 Å². The number of carbonyl (C=O) groups is 2. The van der Waals surface area contributed by atoms with Crippen LogP contribution in [0, 0.1) is 0 Å². The molecule has 1 aliphatic heterocycles. The molecule has 2 rings (SSSR count). The number of hydrogen-bond donors (Lipinski definition) is 2. The van der Waals surface area contributed by atoms with Crippen LogP contribution in [0.4, 0.5) is 13.2 Å². The molecule has 0 aromatic heterocycles. The molecule has 1 heterocycles. The number of rotatable bonds is 5. The van der Waals surface area contributed by atoms with Crippen molar-refractivity contribution in [2.45, 2.75) is 49.8 Å². The van der Waals surface area contributed by atoms with Crippen LogP contribution in [0.25, 0.3) is 0 Å². The SMILES string of the molecule is CC(=O)NC1CCN(C(=O)[C@H](C)NS(=O)(=O)c2ccccc2C(F)(F)F)CC1. The lowest BCUT2D eigenvalue weighted by atomic mass is 10.0. The van der Waals surface area contributed by atoms with Crippen LogP contribution < -0.4 is 10.0 Å². The molecule has 0 saturated carbocycles. The number of carbonyl (C=O) groups excluding carboxylic acids is 2. The second-order valence-corrected chi connectivity index (χ2v) is 8.32. The average molecular weight is 421 g/mol. The summed E-state index contributed by atoms with van der Waals surface area (Å²) in [7, 11) is -4.56. The number of benzene rings is 1.